The van der Waals surface area contributed by atoms with Crippen LogP contribution in [0.4, 0.5) is 10.5 Å². The Labute approximate surface area is 179 Å². The molecule has 1 atom stereocenters. The van der Waals surface area contributed by atoms with Gasteiger partial charge in [0.25, 0.3) is 5.69 Å². The molecule has 2 amide bonds. The molecule has 0 unspecified atom stereocenters. The SMILES string of the molecule is COCCOC(=O)C1=C(C)N(Cc2ccccc2)C(=O)N[C@@H]1c1cccc([N+](=O)[O-])c1. The highest BCUT2D eigenvalue weighted by Crippen LogP contribution is 2.33. The van der Waals surface area contributed by atoms with Crippen molar-refractivity contribution in [1.82, 2.24) is 10.2 Å². The topological polar surface area (TPSA) is 111 Å². The average Bonchev–Trinajstić information content (AvgIpc) is 2.77. The summed E-state index contributed by atoms with van der Waals surface area (Å²) in [6.45, 7) is 2.19. The lowest BCUT2D eigenvalue weighted by Crippen LogP contribution is -2.47. The molecule has 2 aromatic carbocycles. The summed E-state index contributed by atoms with van der Waals surface area (Å²) >= 11 is 0. The summed E-state index contributed by atoms with van der Waals surface area (Å²) in [5.41, 5.74) is 1.81. The molecule has 0 aromatic heterocycles. The van der Waals surface area contributed by atoms with E-state index in [0.717, 1.165) is 5.56 Å². The Morgan fingerprint density at radius 3 is 2.58 bits per heavy atom. The summed E-state index contributed by atoms with van der Waals surface area (Å²) in [6, 6.07) is 13.9. The molecule has 9 nitrogen and oxygen atoms in total. The minimum absolute atomic E-state index is 0.0421. The Kier molecular flexibility index (Phi) is 6.99. The summed E-state index contributed by atoms with van der Waals surface area (Å²) in [7, 11) is 1.49. The molecule has 0 saturated carbocycles. The van der Waals surface area contributed by atoms with Crippen LogP contribution in [0.2, 0.25) is 0 Å². The molecule has 0 bridgehead atoms. The highest BCUT2D eigenvalue weighted by molar-refractivity contribution is 5.95. The minimum atomic E-state index is -0.880. The largest absolute Gasteiger partial charge is 0.460 e. The number of ether oxygens (including phenoxy) is 2. The van der Waals surface area contributed by atoms with E-state index in [1.54, 1.807) is 13.0 Å². The van der Waals surface area contributed by atoms with Crippen LogP contribution >= 0.6 is 0 Å². The molecule has 1 aliphatic heterocycles. The zero-order chi connectivity index (χ0) is 22.4. The van der Waals surface area contributed by atoms with Gasteiger partial charge in [0.1, 0.15) is 6.61 Å². The molecular weight excluding hydrogens is 402 g/mol. The number of carbonyl (C=O) groups excluding carboxylic acids is 2. The second-order valence-electron chi connectivity index (χ2n) is 6.93. The molecule has 1 aliphatic rings. The van der Waals surface area contributed by atoms with E-state index >= 15 is 0 Å². The molecule has 2 aromatic rings. The fourth-order valence-corrected chi connectivity index (χ4v) is 3.37. The predicted molar refractivity (Wildman–Crippen MR) is 112 cm³/mol. The van der Waals surface area contributed by atoms with E-state index in [2.05, 4.69) is 5.32 Å². The number of esters is 1. The first kappa shape index (κ1) is 22.0. The Hall–Kier alpha value is -3.72. The molecule has 1 heterocycles. The second-order valence-corrected chi connectivity index (χ2v) is 6.93. The molecule has 0 spiro atoms. The molecule has 0 radical (unpaired) electrons. The number of hydrogen-bond acceptors (Lipinski definition) is 6. The van der Waals surface area contributed by atoms with Crippen LogP contribution in [-0.2, 0) is 20.8 Å². The summed E-state index contributed by atoms with van der Waals surface area (Å²) in [4.78, 5) is 38.0. The van der Waals surface area contributed by atoms with Gasteiger partial charge in [0.05, 0.1) is 29.7 Å². The number of nitrogens with one attached hydrogen (secondary N) is 1. The van der Waals surface area contributed by atoms with Crippen LogP contribution < -0.4 is 5.32 Å². The van der Waals surface area contributed by atoms with Crippen molar-refractivity contribution in [2.75, 3.05) is 20.3 Å². The maximum absolute atomic E-state index is 12.9. The number of hydrogen-bond donors (Lipinski definition) is 1. The number of allylic oxidation sites excluding steroid dienone is 1. The number of benzene rings is 2. The molecule has 162 valence electrons. The summed E-state index contributed by atoms with van der Waals surface area (Å²) in [5.74, 6) is -0.621. The van der Waals surface area contributed by atoms with Gasteiger partial charge in [-0.25, -0.2) is 9.59 Å². The Morgan fingerprint density at radius 2 is 1.90 bits per heavy atom. The van der Waals surface area contributed by atoms with E-state index in [0.29, 0.717) is 11.3 Å². The van der Waals surface area contributed by atoms with Gasteiger partial charge in [0, 0.05) is 24.9 Å². The number of rotatable bonds is 8. The lowest BCUT2D eigenvalue weighted by Gasteiger charge is -2.35. The van der Waals surface area contributed by atoms with Gasteiger partial charge in [-0.15, -0.1) is 0 Å². The number of nitro groups is 1. The van der Waals surface area contributed by atoms with Crippen LogP contribution in [0.5, 0.6) is 0 Å². The lowest BCUT2D eigenvalue weighted by molar-refractivity contribution is -0.384. The zero-order valence-corrected chi connectivity index (χ0v) is 17.2. The van der Waals surface area contributed by atoms with Gasteiger partial charge in [0.15, 0.2) is 0 Å². The molecule has 0 fully saturated rings. The van der Waals surface area contributed by atoms with E-state index in [1.165, 1.54) is 30.2 Å². The fraction of sp³-hybridized carbons (Fsp3) is 0.273. The molecular formula is C22H23N3O6. The first-order chi connectivity index (χ1) is 14.9. The van der Waals surface area contributed by atoms with Gasteiger partial charge in [-0.2, -0.15) is 0 Å². The van der Waals surface area contributed by atoms with Gasteiger partial charge < -0.3 is 14.8 Å². The van der Waals surface area contributed by atoms with Crippen molar-refractivity contribution in [3.05, 3.63) is 87.1 Å². The van der Waals surface area contributed by atoms with Crippen LogP contribution in [0, 0.1) is 10.1 Å². The molecule has 0 aliphatic carbocycles. The van der Waals surface area contributed by atoms with Crippen molar-refractivity contribution in [2.45, 2.75) is 19.5 Å². The second kappa shape index (κ2) is 9.86. The fourth-order valence-electron chi connectivity index (χ4n) is 3.37. The van der Waals surface area contributed by atoms with Crippen molar-refractivity contribution in [3.63, 3.8) is 0 Å². The summed E-state index contributed by atoms with van der Waals surface area (Å²) < 4.78 is 10.3. The van der Waals surface area contributed by atoms with Gasteiger partial charge in [0.2, 0.25) is 0 Å². The molecule has 31 heavy (non-hydrogen) atoms. The van der Waals surface area contributed by atoms with E-state index in [-0.39, 0.29) is 31.0 Å². The standard InChI is InChI=1S/C22H23N3O6/c1-15-19(21(26)31-12-11-30-2)20(17-9-6-10-18(13-17)25(28)29)23-22(27)24(15)14-16-7-4-3-5-8-16/h3-10,13,20H,11-12,14H2,1-2H3,(H,23,27)/t20-/m1/s1. The minimum Gasteiger partial charge on any atom is -0.460 e. The smallest absolute Gasteiger partial charge is 0.338 e. The van der Waals surface area contributed by atoms with E-state index in [4.69, 9.17) is 9.47 Å². The first-order valence-corrected chi connectivity index (χ1v) is 9.65. The van der Waals surface area contributed by atoms with Crippen molar-refractivity contribution in [1.29, 1.82) is 0 Å². The number of nitrogens with zero attached hydrogens (tertiary/aromatic N) is 2. The molecule has 9 heteroatoms. The number of urea groups is 1. The Balaban J connectivity index is 2.01. The number of carbonyl (C=O) groups is 2. The highest BCUT2D eigenvalue weighted by Gasteiger charge is 2.37. The van der Waals surface area contributed by atoms with E-state index in [1.807, 2.05) is 30.3 Å². The van der Waals surface area contributed by atoms with Crippen LogP contribution in [0.15, 0.2) is 65.9 Å². The van der Waals surface area contributed by atoms with Gasteiger partial charge in [-0.1, -0.05) is 42.5 Å². The van der Waals surface area contributed by atoms with Gasteiger partial charge in [-0.3, -0.25) is 15.0 Å². The third-order valence-corrected chi connectivity index (χ3v) is 4.93. The third kappa shape index (κ3) is 5.07. The number of methoxy groups -OCH3 is 1. The monoisotopic (exact) mass is 425 g/mol. The first-order valence-electron chi connectivity index (χ1n) is 9.65. The lowest BCUT2D eigenvalue weighted by atomic mass is 9.94. The number of amides is 2. The average molecular weight is 425 g/mol. The van der Waals surface area contributed by atoms with Crippen molar-refractivity contribution >= 4 is 17.7 Å². The third-order valence-electron chi connectivity index (χ3n) is 4.93. The summed E-state index contributed by atoms with van der Waals surface area (Å²) in [6.07, 6.45) is 0. The maximum Gasteiger partial charge on any atom is 0.338 e. The highest BCUT2D eigenvalue weighted by atomic mass is 16.6. The molecule has 0 saturated heterocycles. The normalized spacial score (nSPS) is 16.1. The molecule has 3 rings (SSSR count). The predicted octanol–water partition coefficient (Wildman–Crippen LogP) is 3.32. The van der Waals surface area contributed by atoms with E-state index in [9.17, 15) is 19.7 Å². The van der Waals surface area contributed by atoms with Crippen molar-refractivity contribution in [2.24, 2.45) is 0 Å². The zero-order valence-electron chi connectivity index (χ0n) is 17.2. The van der Waals surface area contributed by atoms with Crippen LogP contribution in [0.3, 0.4) is 0 Å². The van der Waals surface area contributed by atoms with Crippen LogP contribution in [0.1, 0.15) is 24.1 Å². The van der Waals surface area contributed by atoms with Gasteiger partial charge >= 0.3 is 12.0 Å². The summed E-state index contributed by atoms with van der Waals surface area (Å²) in [5, 5.41) is 14.0. The van der Waals surface area contributed by atoms with Crippen LogP contribution in [-0.4, -0.2) is 42.1 Å². The quantitative estimate of drug-likeness (QED) is 0.301. The Bertz CT molecular complexity index is 1010. The van der Waals surface area contributed by atoms with Crippen LogP contribution in [0.25, 0.3) is 0 Å². The number of non-ortho nitro benzene ring substituents is 1. The van der Waals surface area contributed by atoms with Crippen molar-refractivity contribution in [3.8, 4) is 0 Å². The maximum atomic E-state index is 12.9. The number of nitro benzene ring substituents is 1. The Morgan fingerprint density at radius 1 is 1.16 bits per heavy atom. The van der Waals surface area contributed by atoms with Gasteiger partial charge in [-0.05, 0) is 18.1 Å². The van der Waals surface area contributed by atoms with Crippen molar-refractivity contribution < 1.29 is 24.0 Å². The van der Waals surface area contributed by atoms with E-state index < -0.39 is 23.0 Å². The molecule has 1 N–H and O–H groups in total.